The first kappa shape index (κ1) is 25.6. The third kappa shape index (κ3) is 4.94. The second kappa shape index (κ2) is 11.0. The van der Waals surface area contributed by atoms with Gasteiger partial charge in [-0.2, -0.15) is 0 Å². The molecule has 2 fully saturated rings. The van der Waals surface area contributed by atoms with E-state index in [0.717, 1.165) is 24.0 Å². The van der Waals surface area contributed by atoms with Crippen molar-refractivity contribution in [2.24, 2.45) is 5.92 Å². The molecule has 188 valence electrons. The molecule has 35 heavy (non-hydrogen) atoms. The van der Waals surface area contributed by atoms with Gasteiger partial charge in [-0.1, -0.05) is 80.9 Å². The second-order valence-electron chi connectivity index (χ2n) is 9.47. The predicted molar refractivity (Wildman–Crippen MR) is 139 cm³/mol. The number of carbonyl (C=O) groups excluding carboxylic acids is 2. The molecule has 2 aliphatic heterocycles. The fraction of sp³-hybridized carbons (Fsp3) is 0.500. The summed E-state index contributed by atoms with van der Waals surface area (Å²) in [5.74, 6) is -0.500. The lowest BCUT2D eigenvalue weighted by atomic mass is 9.87. The van der Waals surface area contributed by atoms with Crippen LogP contribution in [0.15, 0.2) is 60.7 Å². The molecule has 2 aromatic rings. The van der Waals surface area contributed by atoms with E-state index in [1.165, 1.54) is 11.8 Å². The zero-order valence-electron chi connectivity index (χ0n) is 20.8. The fourth-order valence-corrected chi connectivity index (χ4v) is 7.08. The van der Waals surface area contributed by atoms with Crippen LogP contribution >= 0.6 is 11.8 Å². The summed E-state index contributed by atoms with van der Waals surface area (Å²) in [6.45, 7) is 6.71. The standard InChI is InChI=1S/C28H36N2O4S/c1-4-12-23(26(31)34-17-5-2)28(33)25-24(19-35-28)30(20(3)22-15-10-7-11-16-22)27(32)29(25)18-21-13-8-6-9-14-21/h6-11,13-16,20,23-25,33H,4-5,12,17-19H2,1-3H3/t20-,23?,24+,25+,28?/m1/s1. The van der Waals surface area contributed by atoms with E-state index in [2.05, 4.69) is 0 Å². The minimum absolute atomic E-state index is 0.101. The van der Waals surface area contributed by atoms with Crippen LogP contribution in [0.5, 0.6) is 0 Å². The Morgan fingerprint density at radius 3 is 2.40 bits per heavy atom. The highest BCUT2D eigenvalue weighted by Crippen LogP contribution is 2.52. The maximum absolute atomic E-state index is 14.0. The van der Waals surface area contributed by atoms with Gasteiger partial charge >= 0.3 is 12.0 Å². The van der Waals surface area contributed by atoms with Crippen molar-refractivity contribution < 1.29 is 19.4 Å². The number of benzene rings is 2. The highest BCUT2D eigenvalue weighted by atomic mass is 32.2. The lowest BCUT2D eigenvalue weighted by Gasteiger charge is -2.38. The summed E-state index contributed by atoms with van der Waals surface area (Å²) in [6.07, 6.45) is 1.98. The number of ether oxygens (including phenoxy) is 1. The first-order valence-electron chi connectivity index (χ1n) is 12.6. The molecule has 6 nitrogen and oxygen atoms in total. The minimum Gasteiger partial charge on any atom is -0.465 e. The Balaban J connectivity index is 1.72. The van der Waals surface area contributed by atoms with Crippen LogP contribution in [0.1, 0.15) is 57.2 Å². The van der Waals surface area contributed by atoms with Gasteiger partial charge in [-0.3, -0.25) is 4.79 Å². The van der Waals surface area contributed by atoms with Crippen LogP contribution < -0.4 is 0 Å². The SMILES string of the molecule is CCCOC(=O)C(CCC)C1(O)SC[C@H]2[C@@H]1N(Cc1ccccc1)C(=O)N2[C@H](C)c1ccccc1. The number of esters is 1. The Morgan fingerprint density at radius 1 is 1.11 bits per heavy atom. The molecular formula is C28H36N2O4S. The van der Waals surface area contributed by atoms with E-state index in [4.69, 9.17) is 4.74 Å². The van der Waals surface area contributed by atoms with Gasteiger partial charge in [-0.05, 0) is 30.9 Å². The summed E-state index contributed by atoms with van der Waals surface area (Å²) in [6, 6.07) is 18.8. The van der Waals surface area contributed by atoms with E-state index < -0.39 is 16.9 Å². The first-order chi connectivity index (χ1) is 16.9. The second-order valence-corrected chi connectivity index (χ2v) is 10.7. The Hall–Kier alpha value is -2.51. The van der Waals surface area contributed by atoms with Crippen molar-refractivity contribution in [3.05, 3.63) is 71.8 Å². The average Bonchev–Trinajstić information content (AvgIpc) is 3.36. The normalized spacial score (nSPS) is 25.4. The molecule has 2 aromatic carbocycles. The topological polar surface area (TPSA) is 70.1 Å². The van der Waals surface area contributed by atoms with Crippen molar-refractivity contribution in [1.29, 1.82) is 0 Å². The van der Waals surface area contributed by atoms with Gasteiger partial charge in [0.1, 0.15) is 4.93 Å². The van der Waals surface area contributed by atoms with Gasteiger partial charge < -0.3 is 19.6 Å². The van der Waals surface area contributed by atoms with Crippen molar-refractivity contribution in [2.75, 3.05) is 12.4 Å². The summed E-state index contributed by atoms with van der Waals surface area (Å²) in [7, 11) is 0. The number of aliphatic hydroxyl groups is 1. The van der Waals surface area contributed by atoms with Crippen molar-refractivity contribution in [1.82, 2.24) is 9.80 Å². The van der Waals surface area contributed by atoms with E-state index >= 15 is 0 Å². The van der Waals surface area contributed by atoms with Crippen molar-refractivity contribution in [3.63, 3.8) is 0 Å². The van der Waals surface area contributed by atoms with Gasteiger partial charge in [0.2, 0.25) is 0 Å². The smallest absolute Gasteiger partial charge is 0.321 e. The average molecular weight is 497 g/mol. The monoisotopic (exact) mass is 496 g/mol. The molecule has 0 aromatic heterocycles. The van der Waals surface area contributed by atoms with Crippen LogP contribution in [0.25, 0.3) is 0 Å². The summed E-state index contributed by atoms with van der Waals surface area (Å²) in [5, 5.41) is 12.2. The zero-order chi connectivity index (χ0) is 25.0. The van der Waals surface area contributed by atoms with Crippen LogP contribution in [0.3, 0.4) is 0 Å². The van der Waals surface area contributed by atoms with E-state index in [0.29, 0.717) is 25.3 Å². The summed E-state index contributed by atoms with van der Waals surface area (Å²) < 4.78 is 5.53. The number of thioether (sulfide) groups is 1. The predicted octanol–water partition coefficient (Wildman–Crippen LogP) is 5.23. The molecule has 2 amide bonds. The summed E-state index contributed by atoms with van der Waals surface area (Å²) >= 11 is 1.40. The number of urea groups is 1. The van der Waals surface area contributed by atoms with Gasteiger partial charge in [-0.25, -0.2) is 4.79 Å². The van der Waals surface area contributed by atoms with Crippen LogP contribution in [0.2, 0.25) is 0 Å². The van der Waals surface area contributed by atoms with E-state index in [1.807, 2.05) is 86.3 Å². The molecule has 4 rings (SSSR count). The van der Waals surface area contributed by atoms with Crippen LogP contribution in [-0.2, 0) is 16.1 Å². The Kier molecular flexibility index (Phi) is 8.07. The number of fused-ring (bicyclic) bond motifs is 1. The molecule has 0 aliphatic carbocycles. The van der Waals surface area contributed by atoms with E-state index in [-0.39, 0.29) is 24.1 Å². The third-order valence-corrected chi connectivity index (χ3v) is 8.63. The number of hydrogen-bond donors (Lipinski definition) is 1. The number of rotatable bonds is 10. The first-order valence-corrected chi connectivity index (χ1v) is 13.6. The van der Waals surface area contributed by atoms with Gasteiger partial charge in [0.25, 0.3) is 0 Å². The molecule has 0 bridgehead atoms. The molecule has 5 atom stereocenters. The largest absolute Gasteiger partial charge is 0.465 e. The molecule has 2 unspecified atom stereocenters. The zero-order valence-corrected chi connectivity index (χ0v) is 21.6. The molecule has 2 saturated heterocycles. The highest BCUT2D eigenvalue weighted by Gasteiger charge is 2.64. The van der Waals surface area contributed by atoms with Gasteiger partial charge in [0.15, 0.2) is 0 Å². The number of carbonyl (C=O) groups is 2. The highest BCUT2D eigenvalue weighted by molar-refractivity contribution is 8.00. The molecule has 0 radical (unpaired) electrons. The van der Waals surface area contributed by atoms with Crippen molar-refractivity contribution in [2.45, 2.75) is 69.6 Å². The lowest BCUT2D eigenvalue weighted by Crippen LogP contribution is -2.55. The van der Waals surface area contributed by atoms with E-state index in [9.17, 15) is 14.7 Å². The van der Waals surface area contributed by atoms with Gasteiger partial charge in [0, 0.05) is 12.3 Å². The van der Waals surface area contributed by atoms with Crippen molar-refractivity contribution in [3.8, 4) is 0 Å². The summed E-state index contributed by atoms with van der Waals surface area (Å²) in [5.41, 5.74) is 2.04. The van der Waals surface area contributed by atoms with Crippen LogP contribution in [0, 0.1) is 5.92 Å². The van der Waals surface area contributed by atoms with Gasteiger partial charge in [0.05, 0.1) is 30.7 Å². The number of hydrogen-bond acceptors (Lipinski definition) is 5. The molecule has 2 heterocycles. The molecule has 0 saturated carbocycles. The van der Waals surface area contributed by atoms with Gasteiger partial charge in [-0.15, -0.1) is 11.8 Å². The Labute approximate surface area is 212 Å². The molecule has 0 spiro atoms. The Morgan fingerprint density at radius 2 is 1.77 bits per heavy atom. The summed E-state index contributed by atoms with van der Waals surface area (Å²) in [4.78, 5) is 29.4. The minimum atomic E-state index is -1.42. The lowest BCUT2D eigenvalue weighted by molar-refractivity contribution is -0.156. The van der Waals surface area contributed by atoms with Crippen LogP contribution in [-0.4, -0.2) is 56.3 Å². The maximum Gasteiger partial charge on any atom is 0.321 e. The Bertz CT molecular complexity index is 1000. The van der Waals surface area contributed by atoms with Crippen LogP contribution in [0.4, 0.5) is 4.79 Å². The third-order valence-electron chi connectivity index (χ3n) is 7.14. The maximum atomic E-state index is 14.0. The number of nitrogens with zero attached hydrogens (tertiary/aromatic N) is 2. The quantitative estimate of drug-likeness (QED) is 0.360. The van der Waals surface area contributed by atoms with E-state index in [1.54, 1.807) is 4.90 Å². The fourth-order valence-electron chi connectivity index (χ4n) is 5.43. The van der Waals surface area contributed by atoms with Crippen molar-refractivity contribution >= 4 is 23.8 Å². The number of amides is 2. The molecule has 2 aliphatic rings. The molecule has 1 N–H and O–H groups in total. The molecular weight excluding hydrogens is 460 g/mol. The molecule has 7 heteroatoms.